The molecule has 4 nitrogen and oxygen atoms in total. The summed E-state index contributed by atoms with van der Waals surface area (Å²) in [5.74, 6) is -0.122. The molecule has 0 aliphatic carbocycles. The molecule has 0 fully saturated rings. The third kappa shape index (κ3) is 1.74. The van der Waals surface area contributed by atoms with Crippen molar-refractivity contribution < 1.29 is 18.3 Å². The molecule has 0 radical (unpaired) electrons. The molecule has 1 aliphatic rings. The fourth-order valence-electron chi connectivity index (χ4n) is 1.74. The summed E-state index contributed by atoms with van der Waals surface area (Å²) in [5, 5.41) is 10.4. The normalized spacial score (nSPS) is 16.7. The number of rotatable bonds is 2. The van der Waals surface area contributed by atoms with Crippen molar-refractivity contribution in [3.05, 3.63) is 29.2 Å². The molecule has 5 heteroatoms. The molecule has 84 valence electrons. The van der Waals surface area contributed by atoms with Gasteiger partial charge in [-0.1, -0.05) is 0 Å². The summed E-state index contributed by atoms with van der Waals surface area (Å²) in [5.41, 5.74) is 0.869. The van der Waals surface area contributed by atoms with Crippen LogP contribution in [0.4, 0.5) is 0 Å². The summed E-state index contributed by atoms with van der Waals surface area (Å²) >= 11 is 0. The molecule has 0 aromatic heterocycles. The first-order chi connectivity index (χ1) is 7.40. The zero-order chi connectivity index (χ0) is 11.9. The maximum absolute atomic E-state index is 11.7. The summed E-state index contributed by atoms with van der Waals surface area (Å²) in [6.07, 6.45) is 0.0652. The van der Waals surface area contributed by atoms with Gasteiger partial charge >= 0.3 is 0 Å². The Morgan fingerprint density at radius 3 is 2.69 bits per heavy atom. The molecule has 0 unspecified atom stereocenters. The van der Waals surface area contributed by atoms with Gasteiger partial charge in [0.05, 0.1) is 4.90 Å². The number of carbonyl (C=O) groups excluding carboxylic acids is 1. The number of hydrogen-bond acceptors (Lipinski definition) is 4. The van der Waals surface area contributed by atoms with Crippen LogP contribution in [0.25, 0.3) is 5.57 Å². The summed E-state index contributed by atoms with van der Waals surface area (Å²) in [7, 11) is -3.44. The monoisotopic (exact) mass is 238 g/mol. The predicted molar refractivity (Wildman–Crippen MR) is 58.6 cm³/mol. The molecule has 0 atom stereocenters. The number of ketones is 1. The van der Waals surface area contributed by atoms with Crippen molar-refractivity contribution in [3.63, 3.8) is 0 Å². The summed E-state index contributed by atoms with van der Waals surface area (Å²) in [6, 6.07) is 4.04. The second-order valence-corrected chi connectivity index (χ2v) is 5.51. The molecule has 2 rings (SSSR count). The highest BCUT2D eigenvalue weighted by Gasteiger charge is 2.27. The first-order valence-corrected chi connectivity index (χ1v) is 6.23. The second-order valence-electron chi connectivity index (χ2n) is 3.75. The van der Waals surface area contributed by atoms with E-state index in [2.05, 4.69) is 0 Å². The zero-order valence-electron chi connectivity index (χ0n) is 8.60. The van der Waals surface area contributed by atoms with Gasteiger partial charge in [0, 0.05) is 17.4 Å². The number of hydrogen-bond donors (Lipinski definition) is 1. The minimum atomic E-state index is -3.44. The first-order valence-electron chi connectivity index (χ1n) is 4.68. The number of Topliss-reactive ketones (excluding diaryl/α,β-unsaturated/α-hetero) is 1. The average Bonchev–Trinajstić information content (AvgIpc) is 2.37. The maximum Gasteiger partial charge on any atom is 0.200 e. The molecule has 1 aromatic rings. The molecule has 0 spiro atoms. The number of sulfone groups is 1. The van der Waals surface area contributed by atoms with Crippen LogP contribution in [0.15, 0.2) is 28.5 Å². The van der Waals surface area contributed by atoms with Crippen LogP contribution in [0.5, 0.6) is 5.75 Å². The van der Waals surface area contributed by atoms with E-state index in [1.165, 1.54) is 25.1 Å². The van der Waals surface area contributed by atoms with Crippen molar-refractivity contribution in [3.8, 4) is 5.75 Å². The molecule has 16 heavy (non-hydrogen) atoms. The Bertz CT molecular complexity index is 596. The lowest BCUT2D eigenvalue weighted by Crippen LogP contribution is -1.93. The van der Waals surface area contributed by atoms with E-state index in [1.54, 1.807) is 0 Å². The molecular formula is C11H10O4S. The number of aromatic hydroxyl groups is 1. The Hall–Kier alpha value is -1.62. The van der Waals surface area contributed by atoms with Crippen molar-refractivity contribution in [2.75, 3.05) is 0 Å². The Balaban J connectivity index is 2.61. The standard InChI is InChI=1S/C11H10O4S/c1-7(12)4-8-6-16(14,15)11-3-2-9(13)5-10(8)11/h2-3,5-6,13H,4H2,1H3. The summed E-state index contributed by atoms with van der Waals surface area (Å²) in [4.78, 5) is 11.2. The maximum atomic E-state index is 11.7. The molecule has 0 saturated heterocycles. The van der Waals surface area contributed by atoms with Gasteiger partial charge in [0.1, 0.15) is 11.5 Å². The van der Waals surface area contributed by atoms with E-state index in [-0.39, 0.29) is 22.8 Å². The molecule has 1 aliphatic heterocycles. The van der Waals surface area contributed by atoms with E-state index in [4.69, 9.17) is 0 Å². The Morgan fingerprint density at radius 1 is 1.38 bits per heavy atom. The third-order valence-electron chi connectivity index (χ3n) is 2.35. The van der Waals surface area contributed by atoms with Crippen LogP contribution < -0.4 is 0 Å². The van der Waals surface area contributed by atoms with E-state index in [9.17, 15) is 18.3 Å². The number of carbonyl (C=O) groups is 1. The lowest BCUT2D eigenvalue weighted by Gasteiger charge is -2.02. The summed E-state index contributed by atoms with van der Waals surface area (Å²) < 4.78 is 23.4. The minimum Gasteiger partial charge on any atom is -0.508 e. The fourth-order valence-corrected chi connectivity index (χ4v) is 3.20. The number of phenols is 1. The zero-order valence-corrected chi connectivity index (χ0v) is 9.41. The van der Waals surface area contributed by atoms with Gasteiger partial charge in [-0.05, 0) is 30.7 Å². The largest absolute Gasteiger partial charge is 0.508 e. The van der Waals surface area contributed by atoms with Gasteiger partial charge in [-0.15, -0.1) is 0 Å². The van der Waals surface area contributed by atoms with Crippen molar-refractivity contribution in [1.82, 2.24) is 0 Å². The van der Waals surface area contributed by atoms with Gasteiger partial charge in [0.2, 0.25) is 9.84 Å². The van der Waals surface area contributed by atoms with Crippen LogP contribution in [-0.4, -0.2) is 19.3 Å². The molecule has 1 N–H and O–H groups in total. The van der Waals surface area contributed by atoms with Crippen LogP contribution in [0.2, 0.25) is 0 Å². The smallest absolute Gasteiger partial charge is 0.200 e. The van der Waals surface area contributed by atoms with Crippen LogP contribution in [0.3, 0.4) is 0 Å². The number of phenolic OH excluding ortho intramolecular Hbond substituents is 1. The van der Waals surface area contributed by atoms with E-state index in [0.29, 0.717) is 11.1 Å². The second kappa shape index (κ2) is 3.45. The molecular weight excluding hydrogens is 228 g/mol. The number of benzene rings is 1. The fraction of sp³-hybridized carbons (Fsp3) is 0.182. The lowest BCUT2D eigenvalue weighted by atomic mass is 10.0. The molecule has 0 amide bonds. The minimum absolute atomic E-state index is 0.00898. The van der Waals surface area contributed by atoms with Crippen molar-refractivity contribution in [2.45, 2.75) is 18.2 Å². The van der Waals surface area contributed by atoms with Crippen molar-refractivity contribution in [1.29, 1.82) is 0 Å². The highest BCUT2D eigenvalue weighted by atomic mass is 32.2. The molecule has 1 heterocycles. The molecule has 0 saturated carbocycles. The van der Waals surface area contributed by atoms with Gasteiger partial charge in [-0.25, -0.2) is 8.42 Å². The van der Waals surface area contributed by atoms with Crippen molar-refractivity contribution >= 4 is 21.2 Å². The van der Waals surface area contributed by atoms with Gasteiger partial charge in [0.15, 0.2) is 0 Å². The van der Waals surface area contributed by atoms with E-state index >= 15 is 0 Å². The summed E-state index contributed by atoms with van der Waals surface area (Å²) in [6.45, 7) is 1.40. The predicted octanol–water partition coefficient (Wildman–Crippen LogP) is 1.50. The first kappa shape index (κ1) is 10.9. The van der Waals surface area contributed by atoms with Gasteiger partial charge in [0.25, 0.3) is 0 Å². The molecule has 0 bridgehead atoms. The Morgan fingerprint density at radius 2 is 2.06 bits per heavy atom. The van der Waals surface area contributed by atoms with Crippen LogP contribution in [0.1, 0.15) is 18.9 Å². The van der Waals surface area contributed by atoms with Crippen LogP contribution >= 0.6 is 0 Å². The van der Waals surface area contributed by atoms with Gasteiger partial charge in [-0.3, -0.25) is 4.79 Å². The number of allylic oxidation sites excluding steroid dienone is 1. The quantitative estimate of drug-likeness (QED) is 0.847. The van der Waals surface area contributed by atoms with Gasteiger partial charge in [-0.2, -0.15) is 0 Å². The highest BCUT2D eigenvalue weighted by molar-refractivity contribution is 7.95. The third-order valence-corrected chi connectivity index (χ3v) is 3.92. The lowest BCUT2D eigenvalue weighted by molar-refractivity contribution is -0.116. The molecule has 1 aromatic carbocycles. The van der Waals surface area contributed by atoms with E-state index in [1.807, 2.05) is 0 Å². The van der Waals surface area contributed by atoms with Crippen LogP contribution in [0, 0.1) is 0 Å². The Labute approximate surface area is 93.1 Å². The van der Waals surface area contributed by atoms with Crippen molar-refractivity contribution in [2.24, 2.45) is 0 Å². The Kier molecular flexibility index (Phi) is 2.35. The average molecular weight is 238 g/mol. The van der Waals surface area contributed by atoms with E-state index < -0.39 is 9.84 Å². The number of fused-ring (bicyclic) bond motifs is 1. The van der Waals surface area contributed by atoms with E-state index in [0.717, 1.165) is 5.41 Å². The SMILES string of the molecule is CC(=O)CC1=CS(=O)(=O)c2ccc(O)cc21. The van der Waals surface area contributed by atoms with Gasteiger partial charge < -0.3 is 5.11 Å². The van der Waals surface area contributed by atoms with Crippen LogP contribution in [-0.2, 0) is 14.6 Å². The topological polar surface area (TPSA) is 71.4 Å². The highest BCUT2D eigenvalue weighted by Crippen LogP contribution is 2.37.